The van der Waals surface area contributed by atoms with Crippen molar-refractivity contribution >= 4 is 27.5 Å². The van der Waals surface area contributed by atoms with Gasteiger partial charge in [0.05, 0.1) is 10.6 Å². The van der Waals surface area contributed by atoms with Crippen LogP contribution in [0, 0.1) is 0 Å². The number of rotatable bonds is 4. The average molecular weight is 350 g/mol. The number of benzene rings is 1. The summed E-state index contributed by atoms with van der Waals surface area (Å²) in [6, 6.07) is 6.13. The highest BCUT2D eigenvalue weighted by Crippen LogP contribution is 2.29. The highest BCUT2D eigenvalue weighted by atomic mass is 32.2. The van der Waals surface area contributed by atoms with Gasteiger partial charge < -0.3 is 0 Å². The van der Waals surface area contributed by atoms with Gasteiger partial charge in [0.25, 0.3) is 0 Å². The summed E-state index contributed by atoms with van der Waals surface area (Å²) in [5.74, 6) is -0.458. The monoisotopic (exact) mass is 350 g/mol. The van der Waals surface area contributed by atoms with E-state index >= 15 is 0 Å². The Morgan fingerprint density at radius 2 is 1.67 bits per heavy atom. The zero-order chi connectivity index (χ0) is 17.3. The Kier molecular flexibility index (Phi) is 4.73. The zero-order valence-corrected chi connectivity index (χ0v) is 14.6. The number of piperidine rings is 1. The first kappa shape index (κ1) is 17.1. The third kappa shape index (κ3) is 2.98. The molecule has 24 heavy (non-hydrogen) atoms. The van der Waals surface area contributed by atoms with E-state index in [4.69, 9.17) is 0 Å². The summed E-state index contributed by atoms with van der Waals surface area (Å²) in [5, 5.41) is 0. The molecule has 1 atom stereocenters. The number of carbonyl (C=O) groups is 2. The minimum absolute atomic E-state index is 0.0555. The third-order valence-corrected chi connectivity index (χ3v) is 6.74. The molecule has 2 amide bonds. The van der Waals surface area contributed by atoms with Crippen LogP contribution in [0.4, 0.5) is 5.69 Å². The number of imide groups is 1. The van der Waals surface area contributed by atoms with E-state index < -0.39 is 10.0 Å². The Morgan fingerprint density at radius 1 is 1.04 bits per heavy atom. The fraction of sp³-hybridized carbons (Fsp3) is 0.529. The van der Waals surface area contributed by atoms with E-state index in [1.54, 1.807) is 16.4 Å². The van der Waals surface area contributed by atoms with Crippen molar-refractivity contribution in [2.24, 2.45) is 0 Å². The molecule has 2 aliphatic heterocycles. The molecule has 3 rings (SSSR count). The van der Waals surface area contributed by atoms with Gasteiger partial charge in [-0.05, 0) is 49.9 Å². The predicted molar refractivity (Wildman–Crippen MR) is 90.0 cm³/mol. The first-order valence-electron chi connectivity index (χ1n) is 8.43. The van der Waals surface area contributed by atoms with Crippen LogP contribution in [0.15, 0.2) is 29.2 Å². The standard InChI is InChI=1S/C17H22N2O4S/c1-2-13-5-4-12-18(13)24(22,23)15-10-8-14(9-11-15)19-16(20)6-3-7-17(19)21/h8-11,13H,2-7,12H2,1H3. The van der Waals surface area contributed by atoms with E-state index in [0.717, 1.165) is 24.2 Å². The van der Waals surface area contributed by atoms with E-state index in [-0.39, 0.29) is 22.8 Å². The third-order valence-electron chi connectivity index (χ3n) is 4.78. The number of carbonyl (C=O) groups excluding carboxylic acids is 2. The van der Waals surface area contributed by atoms with Crippen molar-refractivity contribution in [2.75, 3.05) is 11.4 Å². The van der Waals surface area contributed by atoms with Gasteiger partial charge in [-0.25, -0.2) is 8.42 Å². The van der Waals surface area contributed by atoms with Crippen molar-refractivity contribution in [3.8, 4) is 0 Å². The first-order valence-corrected chi connectivity index (χ1v) is 9.87. The van der Waals surface area contributed by atoms with Gasteiger partial charge in [-0.1, -0.05) is 6.92 Å². The second-order valence-corrected chi connectivity index (χ2v) is 8.18. The number of anilines is 1. The normalized spacial score (nSPS) is 23.0. The molecular formula is C17H22N2O4S. The summed E-state index contributed by atoms with van der Waals surface area (Å²) in [7, 11) is -3.53. The SMILES string of the molecule is CCC1CCCN1S(=O)(=O)c1ccc(N2C(=O)CCCC2=O)cc1. The summed E-state index contributed by atoms with van der Waals surface area (Å²) in [4.78, 5) is 25.3. The molecule has 0 saturated carbocycles. The molecule has 130 valence electrons. The lowest BCUT2D eigenvalue weighted by atomic mass is 10.1. The first-order chi connectivity index (χ1) is 11.4. The second kappa shape index (κ2) is 6.64. The Bertz CT molecular complexity index is 726. The molecule has 0 aliphatic carbocycles. The minimum atomic E-state index is -3.53. The van der Waals surface area contributed by atoms with Gasteiger partial charge in [0.2, 0.25) is 21.8 Å². The number of sulfonamides is 1. The summed E-state index contributed by atoms with van der Waals surface area (Å²) in [5.41, 5.74) is 0.442. The Balaban J connectivity index is 1.86. The Morgan fingerprint density at radius 3 is 2.25 bits per heavy atom. The lowest BCUT2D eigenvalue weighted by Crippen LogP contribution is -2.40. The van der Waals surface area contributed by atoms with Crippen LogP contribution in [-0.4, -0.2) is 37.1 Å². The van der Waals surface area contributed by atoms with E-state index in [1.807, 2.05) is 6.92 Å². The molecule has 0 aromatic heterocycles. The summed E-state index contributed by atoms with van der Waals surface area (Å²) < 4.78 is 27.2. The van der Waals surface area contributed by atoms with Gasteiger partial charge in [-0.2, -0.15) is 4.31 Å². The Labute approximate surface area is 142 Å². The molecule has 1 aromatic rings. The lowest BCUT2D eigenvalue weighted by Gasteiger charge is -2.26. The molecule has 1 aromatic carbocycles. The highest BCUT2D eigenvalue weighted by Gasteiger charge is 2.34. The number of hydrogen-bond acceptors (Lipinski definition) is 4. The average Bonchev–Trinajstić information content (AvgIpc) is 3.05. The van der Waals surface area contributed by atoms with Crippen LogP contribution >= 0.6 is 0 Å². The molecule has 1 unspecified atom stereocenters. The van der Waals surface area contributed by atoms with Crippen LogP contribution in [0.25, 0.3) is 0 Å². The van der Waals surface area contributed by atoms with Crippen molar-refractivity contribution < 1.29 is 18.0 Å². The number of amides is 2. The minimum Gasteiger partial charge on any atom is -0.274 e. The number of hydrogen-bond donors (Lipinski definition) is 0. The molecule has 6 nitrogen and oxygen atoms in total. The molecule has 7 heteroatoms. The Hall–Kier alpha value is -1.73. The van der Waals surface area contributed by atoms with Crippen molar-refractivity contribution in [3.63, 3.8) is 0 Å². The van der Waals surface area contributed by atoms with E-state index in [2.05, 4.69) is 0 Å². The zero-order valence-electron chi connectivity index (χ0n) is 13.8. The molecule has 2 fully saturated rings. The van der Waals surface area contributed by atoms with Gasteiger partial charge in [0, 0.05) is 25.4 Å². The summed E-state index contributed by atoms with van der Waals surface area (Å²) >= 11 is 0. The van der Waals surface area contributed by atoms with Crippen molar-refractivity contribution in [2.45, 2.75) is 56.4 Å². The molecule has 0 spiro atoms. The van der Waals surface area contributed by atoms with E-state index in [1.165, 1.54) is 12.1 Å². The van der Waals surface area contributed by atoms with Crippen LogP contribution in [0.3, 0.4) is 0 Å². The smallest absolute Gasteiger partial charge is 0.243 e. The largest absolute Gasteiger partial charge is 0.274 e. The van der Waals surface area contributed by atoms with Gasteiger partial charge in [0.15, 0.2) is 0 Å². The van der Waals surface area contributed by atoms with Crippen molar-refractivity contribution in [1.29, 1.82) is 0 Å². The fourth-order valence-corrected chi connectivity index (χ4v) is 5.24. The lowest BCUT2D eigenvalue weighted by molar-refractivity contribution is -0.129. The maximum Gasteiger partial charge on any atom is 0.243 e. The van der Waals surface area contributed by atoms with Gasteiger partial charge >= 0.3 is 0 Å². The topological polar surface area (TPSA) is 74.8 Å². The van der Waals surface area contributed by atoms with Gasteiger partial charge in [-0.3, -0.25) is 14.5 Å². The molecule has 0 N–H and O–H groups in total. The predicted octanol–water partition coefficient (Wildman–Crippen LogP) is 2.29. The van der Waals surface area contributed by atoms with Crippen molar-refractivity contribution in [3.05, 3.63) is 24.3 Å². The van der Waals surface area contributed by atoms with E-state index in [9.17, 15) is 18.0 Å². The highest BCUT2D eigenvalue weighted by molar-refractivity contribution is 7.89. The molecule has 0 bridgehead atoms. The van der Waals surface area contributed by atoms with Crippen LogP contribution in [-0.2, 0) is 19.6 Å². The maximum absolute atomic E-state index is 12.8. The van der Waals surface area contributed by atoms with E-state index in [0.29, 0.717) is 31.5 Å². The van der Waals surface area contributed by atoms with Crippen LogP contribution in [0.1, 0.15) is 45.4 Å². The van der Waals surface area contributed by atoms with Gasteiger partial charge in [-0.15, -0.1) is 0 Å². The molecule has 2 heterocycles. The fourth-order valence-electron chi connectivity index (χ4n) is 3.48. The van der Waals surface area contributed by atoms with Crippen LogP contribution in [0.2, 0.25) is 0 Å². The van der Waals surface area contributed by atoms with Crippen LogP contribution in [0.5, 0.6) is 0 Å². The van der Waals surface area contributed by atoms with Gasteiger partial charge in [0.1, 0.15) is 0 Å². The molecular weight excluding hydrogens is 328 g/mol. The molecule has 2 aliphatic rings. The molecule has 0 radical (unpaired) electrons. The maximum atomic E-state index is 12.8. The number of nitrogens with zero attached hydrogens (tertiary/aromatic N) is 2. The van der Waals surface area contributed by atoms with Crippen molar-refractivity contribution in [1.82, 2.24) is 4.31 Å². The second-order valence-electron chi connectivity index (χ2n) is 6.29. The van der Waals surface area contributed by atoms with Crippen LogP contribution < -0.4 is 4.90 Å². The summed E-state index contributed by atoms with van der Waals surface area (Å²) in [6.07, 6.45) is 3.84. The quantitative estimate of drug-likeness (QED) is 0.781. The molecule has 2 saturated heterocycles. The summed E-state index contributed by atoms with van der Waals surface area (Å²) in [6.45, 7) is 2.54.